The van der Waals surface area contributed by atoms with Crippen molar-refractivity contribution in [2.24, 2.45) is 0 Å². The zero-order chi connectivity index (χ0) is 8.91. The molecule has 0 unspecified atom stereocenters. The molecule has 11 heavy (non-hydrogen) atoms. The van der Waals surface area contributed by atoms with Gasteiger partial charge in [-0.3, -0.25) is 0 Å². The first-order chi connectivity index (χ1) is 4.98. The highest BCUT2D eigenvalue weighted by atomic mass is 79.9. The summed E-state index contributed by atoms with van der Waals surface area (Å²) in [5, 5.41) is 0.762. The summed E-state index contributed by atoms with van der Waals surface area (Å²) in [6.45, 7) is 0. The Bertz CT molecular complexity index is 262. The molecular formula is C6H10BrNO2S. The molecule has 0 aromatic rings. The minimum atomic E-state index is -3.14. The Morgan fingerprint density at radius 1 is 1.55 bits per heavy atom. The first-order valence-electron chi connectivity index (χ1n) is 2.97. The van der Waals surface area contributed by atoms with Crippen LogP contribution in [0.5, 0.6) is 0 Å². The Hall–Kier alpha value is -0.210. The van der Waals surface area contributed by atoms with Crippen LogP contribution in [0, 0.1) is 12.0 Å². The number of sulfonamides is 1. The predicted octanol–water partition coefficient (Wildman–Crippen LogP) is 0.624. The maximum Gasteiger partial charge on any atom is 0.238 e. The van der Waals surface area contributed by atoms with Gasteiger partial charge in [0.25, 0.3) is 0 Å². The van der Waals surface area contributed by atoms with E-state index < -0.39 is 10.0 Å². The van der Waals surface area contributed by atoms with E-state index in [2.05, 4.69) is 27.9 Å². The van der Waals surface area contributed by atoms with Crippen LogP contribution in [0.4, 0.5) is 0 Å². The number of hydrogen-bond acceptors (Lipinski definition) is 2. The summed E-state index contributed by atoms with van der Waals surface area (Å²) >= 11 is 3.18. The molecule has 0 aliphatic carbocycles. The van der Waals surface area contributed by atoms with E-state index in [9.17, 15) is 8.42 Å². The molecule has 0 saturated heterocycles. The lowest BCUT2D eigenvalue weighted by Gasteiger charge is -2.05. The fourth-order valence-corrected chi connectivity index (χ4v) is 0.726. The van der Waals surface area contributed by atoms with Crippen LogP contribution in [0.25, 0.3) is 0 Å². The molecular weight excluding hydrogens is 230 g/mol. The lowest BCUT2D eigenvalue weighted by atomic mass is 10.5. The molecule has 0 aromatic heterocycles. The van der Waals surface area contributed by atoms with Gasteiger partial charge < -0.3 is 0 Å². The Morgan fingerprint density at radius 2 is 2.09 bits per heavy atom. The zero-order valence-electron chi connectivity index (χ0n) is 6.46. The molecule has 5 heteroatoms. The summed E-state index contributed by atoms with van der Waals surface area (Å²) in [5.41, 5.74) is 0. The molecule has 0 N–H and O–H groups in total. The molecule has 0 rings (SSSR count). The van der Waals surface area contributed by atoms with E-state index >= 15 is 0 Å². The van der Waals surface area contributed by atoms with Crippen LogP contribution in [0.3, 0.4) is 0 Å². The summed E-state index contributed by atoms with van der Waals surface area (Å²) < 4.78 is 22.5. The second kappa shape index (κ2) is 4.62. The fourth-order valence-electron chi connectivity index (χ4n) is 0.297. The van der Waals surface area contributed by atoms with Crippen molar-refractivity contribution in [3.8, 4) is 12.0 Å². The molecule has 0 spiro atoms. The predicted molar refractivity (Wildman–Crippen MR) is 48.8 cm³/mol. The van der Waals surface area contributed by atoms with Crippen molar-refractivity contribution in [2.75, 3.05) is 18.6 Å². The maximum atomic E-state index is 10.7. The van der Waals surface area contributed by atoms with Gasteiger partial charge >= 0.3 is 0 Å². The summed E-state index contributed by atoms with van der Waals surface area (Å²) in [7, 11) is -1.71. The Balaban J connectivity index is 4.11. The third-order valence-electron chi connectivity index (χ3n) is 0.953. The van der Waals surface area contributed by atoms with E-state index in [0.29, 0.717) is 6.42 Å². The van der Waals surface area contributed by atoms with Crippen LogP contribution >= 0.6 is 15.9 Å². The monoisotopic (exact) mass is 239 g/mol. The second-order valence-corrected chi connectivity index (χ2v) is 4.76. The summed E-state index contributed by atoms with van der Waals surface area (Å²) in [4.78, 5) is 0. The van der Waals surface area contributed by atoms with Crippen molar-refractivity contribution in [1.82, 2.24) is 4.31 Å². The maximum absolute atomic E-state index is 10.7. The van der Waals surface area contributed by atoms with Crippen molar-refractivity contribution < 1.29 is 8.42 Å². The highest BCUT2D eigenvalue weighted by Gasteiger charge is 2.03. The smallest absolute Gasteiger partial charge is 0.232 e. The average Bonchev–Trinajstić information content (AvgIpc) is 1.86. The largest absolute Gasteiger partial charge is 0.238 e. The van der Waals surface area contributed by atoms with Gasteiger partial charge in [0.05, 0.1) is 6.26 Å². The summed E-state index contributed by atoms with van der Waals surface area (Å²) in [6, 6.07) is 2.49. The zero-order valence-corrected chi connectivity index (χ0v) is 8.87. The summed E-state index contributed by atoms with van der Waals surface area (Å²) in [5.74, 6) is 2.69. The lowest BCUT2D eigenvalue weighted by molar-refractivity contribution is 0.554. The van der Waals surface area contributed by atoms with Gasteiger partial charge in [-0.05, 0) is 0 Å². The molecule has 0 aromatic carbocycles. The molecule has 0 atom stereocenters. The first kappa shape index (κ1) is 10.8. The molecule has 3 nitrogen and oxygen atoms in total. The van der Waals surface area contributed by atoms with E-state index in [1.807, 2.05) is 0 Å². The molecule has 0 radical (unpaired) electrons. The van der Waals surface area contributed by atoms with Gasteiger partial charge in [-0.25, -0.2) is 12.7 Å². The van der Waals surface area contributed by atoms with Gasteiger partial charge in [-0.15, -0.1) is 0 Å². The third-order valence-corrected chi connectivity index (χ3v) is 2.44. The van der Waals surface area contributed by atoms with Crippen LogP contribution in [-0.4, -0.2) is 31.4 Å². The topological polar surface area (TPSA) is 37.4 Å². The molecule has 0 aliphatic heterocycles. The van der Waals surface area contributed by atoms with Crippen LogP contribution in [-0.2, 0) is 10.0 Å². The van der Waals surface area contributed by atoms with Gasteiger partial charge in [-0.2, -0.15) is 0 Å². The van der Waals surface area contributed by atoms with E-state index in [-0.39, 0.29) is 0 Å². The molecule has 0 aliphatic rings. The van der Waals surface area contributed by atoms with E-state index in [1.165, 1.54) is 7.05 Å². The number of nitrogens with zero attached hydrogens (tertiary/aromatic N) is 1. The van der Waals surface area contributed by atoms with Gasteiger partial charge in [0.15, 0.2) is 0 Å². The quantitative estimate of drug-likeness (QED) is 0.403. The van der Waals surface area contributed by atoms with Crippen molar-refractivity contribution in [1.29, 1.82) is 0 Å². The van der Waals surface area contributed by atoms with Crippen LogP contribution in [0.1, 0.15) is 6.42 Å². The minimum absolute atomic E-state index is 0.653. The van der Waals surface area contributed by atoms with E-state index in [1.54, 1.807) is 0 Å². The standard InChI is InChI=1S/C6H10BrNO2S/c1-8(11(2,9)10)6-4-3-5-7/h3,5H2,1-2H3. The summed E-state index contributed by atoms with van der Waals surface area (Å²) in [6.07, 6.45) is 1.77. The molecule has 64 valence electrons. The Kier molecular flexibility index (Phi) is 4.54. The second-order valence-electron chi connectivity index (χ2n) is 1.96. The molecule has 0 bridgehead atoms. The molecule has 0 heterocycles. The van der Waals surface area contributed by atoms with Gasteiger partial charge in [-0.1, -0.05) is 21.9 Å². The van der Waals surface area contributed by atoms with E-state index in [0.717, 1.165) is 15.9 Å². The highest BCUT2D eigenvalue weighted by molar-refractivity contribution is 9.09. The van der Waals surface area contributed by atoms with Crippen molar-refractivity contribution in [3.05, 3.63) is 0 Å². The van der Waals surface area contributed by atoms with Crippen molar-refractivity contribution in [2.45, 2.75) is 6.42 Å². The highest BCUT2D eigenvalue weighted by Crippen LogP contribution is 1.90. The minimum Gasteiger partial charge on any atom is -0.232 e. The number of rotatable bonds is 2. The number of alkyl halides is 1. The van der Waals surface area contributed by atoms with Gasteiger partial charge in [0.1, 0.15) is 0 Å². The number of hydrogen-bond donors (Lipinski definition) is 0. The van der Waals surface area contributed by atoms with Gasteiger partial charge in [0, 0.05) is 24.8 Å². The normalized spacial score (nSPS) is 10.1. The van der Waals surface area contributed by atoms with Crippen molar-refractivity contribution >= 4 is 26.0 Å². The number of halogens is 1. The molecule has 0 saturated carbocycles. The van der Waals surface area contributed by atoms with Crippen molar-refractivity contribution in [3.63, 3.8) is 0 Å². The van der Waals surface area contributed by atoms with Crippen LogP contribution in [0.2, 0.25) is 0 Å². The van der Waals surface area contributed by atoms with Gasteiger partial charge in [0.2, 0.25) is 10.0 Å². The fraction of sp³-hybridized carbons (Fsp3) is 0.667. The van der Waals surface area contributed by atoms with Crippen LogP contribution in [0.15, 0.2) is 0 Å². The first-order valence-corrected chi connectivity index (χ1v) is 5.94. The molecule has 0 amide bonds. The SMILES string of the molecule is CN(C#CCCBr)S(C)(=O)=O. The Morgan fingerprint density at radius 3 is 2.45 bits per heavy atom. The molecule has 0 fully saturated rings. The Labute approximate surface area is 76.0 Å². The third kappa shape index (κ3) is 5.10. The van der Waals surface area contributed by atoms with E-state index in [4.69, 9.17) is 0 Å². The average molecular weight is 240 g/mol. The lowest BCUT2D eigenvalue weighted by Crippen LogP contribution is -2.19. The van der Waals surface area contributed by atoms with Crippen LogP contribution < -0.4 is 0 Å².